The van der Waals surface area contributed by atoms with Crippen LogP contribution in [0.4, 0.5) is 0 Å². The third-order valence-corrected chi connectivity index (χ3v) is 5.69. The largest absolute Gasteiger partial charge is 0.0561 e. The Balaban J connectivity index is 2.61. The van der Waals surface area contributed by atoms with Gasteiger partial charge in [0, 0.05) is 0 Å². The SMILES string of the molecule is [CH2]CCCCCCCCCCCc1c(C(C)(C)C)cc(C)cc1C(C)(C)C. The normalized spacial score (nSPS) is 12.6. The summed E-state index contributed by atoms with van der Waals surface area (Å²) in [7, 11) is 0. The molecule has 0 saturated carbocycles. The second-order valence-electron chi connectivity index (χ2n) is 10.6. The van der Waals surface area contributed by atoms with Crippen molar-refractivity contribution in [3.8, 4) is 0 Å². The summed E-state index contributed by atoms with van der Waals surface area (Å²) in [5.74, 6) is 0. The summed E-state index contributed by atoms with van der Waals surface area (Å²) in [4.78, 5) is 0. The lowest BCUT2D eigenvalue weighted by molar-refractivity contribution is 0.538. The van der Waals surface area contributed by atoms with Gasteiger partial charge in [-0.3, -0.25) is 0 Å². The Morgan fingerprint density at radius 1 is 0.630 bits per heavy atom. The van der Waals surface area contributed by atoms with Crippen molar-refractivity contribution in [1.82, 2.24) is 0 Å². The van der Waals surface area contributed by atoms with Crippen molar-refractivity contribution in [2.75, 3.05) is 0 Å². The highest BCUT2D eigenvalue weighted by Crippen LogP contribution is 2.36. The molecule has 0 heterocycles. The fraction of sp³-hybridized carbons (Fsp3) is 0.741. The van der Waals surface area contributed by atoms with Gasteiger partial charge in [-0.2, -0.15) is 0 Å². The predicted molar refractivity (Wildman–Crippen MR) is 124 cm³/mol. The van der Waals surface area contributed by atoms with Crippen molar-refractivity contribution < 1.29 is 0 Å². The van der Waals surface area contributed by atoms with Gasteiger partial charge < -0.3 is 0 Å². The maximum Gasteiger partial charge on any atom is -0.0129 e. The van der Waals surface area contributed by atoms with Gasteiger partial charge in [-0.05, 0) is 47.3 Å². The van der Waals surface area contributed by atoms with Crippen LogP contribution in [0.25, 0.3) is 0 Å². The van der Waals surface area contributed by atoms with Gasteiger partial charge >= 0.3 is 0 Å². The molecule has 0 fully saturated rings. The van der Waals surface area contributed by atoms with E-state index in [-0.39, 0.29) is 10.8 Å². The van der Waals surface area contributed by atoms with Gasteiger partial charge in [0.15, 0.2) is 0 Å². The molecule has 1 radical (unpaired) electrons. The van der Waals surface area contributed by atoms with Gasteiger partial charge in [-0.1, -0.05) is 124 Å². The third-order valence-electron chi connectivity index (χ3n) is 5.69. The van der Waals surface area contributed by atoms with E-state index < -0.39 is 0 Å². The fourth-order valence-corrected chi connectivity index (χ4v) is 4.14. The average molecular weight is 372 g/mol. The molecule has 0 atom stereocenters. The Kier molecular flexibility index (Phi) is 10.1. The van der Waals surface area contributed by atoms with Gasteiger partial charge in [-0.25, -0.2) is 0 Å². The van der Waals surface area contributed by atoms with Crippen LogP contribution in [0.5, 0.6) is 0 Å². The summed E-state index contributed by atoms with van der Waals surface area (Å²) in [6, 6.07) is 4.88. The predicted octanol–water partition coefficient (Wildman–Crippen LogP) is 8.87. The molecule has 1 rings (SSSR count). The second kappa shape index (κ2) is 11.3. The monoisotopic (exact) mass is 371 g/mol. The maximum atomic E-state index is 3.93. The fourth-order valence-electron chi connectivity index (χ4n) is 4.14. The van der Waals surface area contributed by atoms with E-state index in [1.54, 1.807) is 16.7 Å². The minimum absolute atomic E-state index is 0.218. The van der Waals surface area contributed by atoms with Crippen molar-refractivity contribution in [2.24, 2.45) is 0 Å². The van der Waals surface area contributed by atoms with Crippen LogP contribution in [0.15, 0.2) is 12.1 Å². The highest BCUT2D eigenvalue weighted by molar-refractivity contribution is 5.45. The summed E-state index contributed by atoms with van der Waals surface area (Å²) >= 11 is 0. The maximum absolute atomic E-state index is 3.93. The van der Waals surface area contributed by atoms with Crippen LogP contribution >= 0.6 is 0 Å². The molecule has 0 unspecified atom stereocenters. The molecule has 0 aromatic heterocycles. The first-order chi connectivity index (χ1) is 12.6. The van der Waals surface area contributed by atoms with Crippen molar-refractivity contribution in [3.05, 3.63) is 41.3 Å². The minimum Gasteiger partial charge on any atom is -0.0561 e. The lowest BCUT2D eigenvalue weighted by Gasteiger charge is -2.31. The minimum atomic E-state index is 0.218. The van der Waals surface area contributed by atoms with Crippen LogP contribution in [-0.4, -0.2) is 0 Å². The number of hydrogen-bond acceptors (Lipinski definition) is 0. The Hall–Kier alpha value is -0.780. The van der Waals surface area contributed by atoms with Crippen LogP contribution in [0.3, 0.4) is 0 Å². The number of unbranched alkanes of at least 4 members (excludes halogenated alkanes) is 9. The lowest BCUT2D eigenvalue weighted by atomic mass is 9.74. The Morgan fingerprint density at radius 3 is 1.37 bits per heavy atom. The van der Waals surface area contributed by atoms with Crippen molar-refractivity contribution in [2.45, 2.75) is 130 Å². The van der Waals surface area contributed by atoms with Crippen LogP contribution in [0.2, 0.25) is 0 Å². The molecule has 0 amide bonds. The average Bonchev–Trinajstić information content (AvgIpc) is 2.55. The molecule has 0 bridgehead atoms. The summed E-state index contributed by atoms with van der Waals surface area (Å²) in [6.45, 7) is 20.4. The molecule has 0 N–H and O–H groups in total. The van der Waals surface area contributed by atoms with E-state index in [4.69, 9.17) is 0 Å². The molecule has 0 aliphatic carbocycles. The highest BCUT2D eigenvalue weighted by Gasteiger charge is 2.25. The first kappa shape index (κ1) is 24.3. The molecule has 1 aromatic rings. The van der Waals surface area contributed by atoms with E-state index in [2.05, 4.69) is 67.5 Å². The molecule has 27 heavy (non-hydrogen) atoms. The number of rotatable bonds is 11. The van der Waals surface area contributed by atoms with E-state index in [9.17, 15) is 0 Å². The van der Waals surface area contributed by atoms with Crippen LogP contribution < -0.4 is 0 Å². The molecule has 0 saturated heterocycles. The van der Waals surface area contributed by atoms with Gasteiger partial charge in [0.2, 0.25) is 0 Å². The quantitative estimate of drug-likeness (QED) is 0.341. The summed E-state index contributed by atoms with van der Waals surface area (Å²) < 4.78 is 0. The second-order valence-corrected chi connectivity index (χ2v) is 10.6. The van der Waals surface area contributed by atoms with Crippen LogP contribution in [-0.2, 0) is 17.3 Å². The van der Waals surface area contributed by atoms with E-state index in [0.29, 0.717) is 0 Å². The van der Waals surface area contributed by atoms with Gasteiger partial charge in [0.05, 0.1) is 0 Å². The number of aryl methyl sites for hydroxylation is 1. The Morgan fingerprint density at radius 2 is 1.00 bits per heavy atom. The van der Waals surface area contributed by atoms with E-state index in [0.717, 1.165) is 6.42 Å². The molecule has 0 spiro atoms. The molecule has 155 valence electrons. The molecule has 1 aromatic carbocycles. The molecular formula is C27H47. The smallest absolute Gasteiger partial charge is 0.0129 e. The first-order valence-corrected chi connectivity index (χ1v) is 11.5. The molecule has 0 aliphatic heterocycles. The third kappa shape index (κ3) is 8.84. The number of benzene rings is 1. The molecular weight excluding hydrogens is 324 g/mol. The Labute approximate surface area is 171 Å². The van der Waals surface area contributed by atoms with Gasteiger partial charge in [0.25, 0.3) is 0 Å². The van der Waals surface area contributed by atoms with Crippen molar-refractivity contribution in [3.63, 3.8) is 0 Å². The van der Waals surface area contributed by atoms with E-state index >= 15 is 0 Å². The zero-order chi connectivity index (χ0) is 20.5. The van der Waals surface area contributed by atoms with Gasteiger partial charge in [0.1, 0.15) is 0 Å². The first-order valence-electron chi connectivity index (χ1n) is 11.5. The molecule has 0 nitrogen and oxygen atoms in total. The van der Waals surface area contributed by atoms with Crippen molar-refractivity contribution >= 4 is 0 Å². The zero-order valence-electron chi connectivity index (χ0n) is 19.6. The highest BCUT2D eigenvalue weighted by atomic mass is 14.3. The van der Waals surface area contributed by atoms with Crippen molar-refractivity contribution in [1.29, 1.82) is 0 Å². The molecule has 0 heteroatoms. The standard InChI is InChI=1S/C27H47/c1-9-10-11-12-13-14-15-16-17-18-19-23-24(26(3,4)5)20-22(2)21-25(23)27(6,7)8/h20-21H,1,9-19H2,2-8H3. The summed E-state index contributed by atoms with van der Waals surface area (Å²) in [6.07, 6.45) is 14.8. The van der Waals surface area contributed by atoms with Crippen LogP contribution in [0, 0.1) is 13.8 Å². The van der Waals surface area contributed by atoms with Crippen LogP contribution in [0.1, 0.15) is 128 Å². The zero-order valence-corrected chi connectivity index (χ0v) is 19.6. The Bertz CT molecular complexity index is 501. The van der Waals surface area contributed by atoms with Gasteiger partial charge in [-0.15, -0.1) is 0 Å². The summed E-state index contributed by atoms with van der Waals surface area (Å²) in [5, 5.41) is 0. The van der Waals surface area contributed by atoms with E-state index in [1.165, 1.54) is 69.8 Å². The summed E-state index contributed by atoms with van der Waals surface area (Å²) in [5.41, 5.74) is 6.61. The van der Waals surface area contributed by atoms with E-state index in [1.807, 2.05) is 0 Å². The number of hydrogen-bond donors (Lipinski definition) is 0. The topological polar surface area (TPSA) is 0 Å². The molecule has 0 aliphatic rings. The lowest BCUT2D eigenvalue weighted by Crippen LogP contribution is -2.21.